The van der Waals surface area contributed by atoms with Gasteiger partial charge >= 0.3 is 0 Å². The van der Waals surface area contributed by atoms with Crippen molar-refractivity contribution in [2.45, 2.75) is 19.8 Å². The average molecular weight is 339 g/mol. The molecule has 2 heteroatoms. The van der Waals surface area contributed by atoms with Gasteiger partial charge in [0.2, 0.25) is 0 Å². The highest BCUT2D eigenvalue weighted by molar-refractivity contribution is 7.95. The summed E-state index contributed by atoms with van der Waals surface area (Å²) >= 11 is 0. The van der Waals surface area contributed by atoms with Crippen molar-refractivity contribution in [1.82, 2.24) is 0 Å². The SMILES string of the molecule is CCCC[P+](c1ccccc1)(c1ccccc1)c1ccccc1.F. The van der Waals surface area contributed by atoms with Crippen LogP contribution in [0.25, 0.3) is 0 Å². The summed E-state index contributed by atoms with van der Waals surface area (Å²) in [6.45, 7) is 2.29. The summed E-state index contributed by atoms with van der Waals surface area (Å²) in [4.78, 5) is 0. The molecule has 0 fully saturated rings. The molecule has 0 nitrogen and oxygen atoms in total. The predicted octanol–water partition coefficient (Wildman–Crippen LogP) is 4.93. The zero-order valence-electron chi connectivity index (χ0n) is 14.1. The zero-order chi connectivity index (χ0) is 16.0. The molecule has 3 aromatic rings. The van der Waals surface area contributed by atoms with E-state index in [1.54, 1.807) is 0 Å². The van der Waals surface area contributed by atoms with Crippen molar-refractivity contribution in [3.63, 3.8) is 0 Å². The fourth-order valence-electron chi connectivity index (χ4n) is 3.28. The van der Waals surface area contributed by atoms with Crippen molar-refractivity contribution < 1.29 is 4.70 Å². The van der Waals surface area contributed by atoms with E-state index < -0.39 is 7.26 Å². The Labute approximate surface area is 145 Å². The summed E-state index contributed by atoms with van der Waals surface area (Å²) in [5.41, 5.74) is 0. The Kier molecular flexibility index (Phi) is 6.70. The number of rotatable bonds is 6. The van der Waals surface area contributed by atoms with Gasteiger partial charge in [-0.15, -0.1) is 0 Å². The van der Waals surface area contributed by atoms with E-state index in [9.17, 15) is 0 Å². The fourth-order valence-corrected chi connectivity index (χ4v) is 7.78. The van der Waals surface area contributed by atoms with Crippen molar-refractivity contribution in [3.8, 4) is 0 Å². The van der Waals surface area contributed by atoms with E-state index in [1.165, 1.54) is 34.9 Å². The molecular formula is C22H25FP+. The first-order valence-electron chi connectivity index (χ1n) is 8.43. The Balaban J connectivity index is 0.00000208. The van der Waals surface area contributed by atoms with Crippen LogP contribution in [-0.4, -0.2) is 6.16 Å². The summed E-state index contributed by atoms with van der Waals surface area (Å²) in [5, 5.41) is 4.47. The Bertz CT molecular complexity index is 614. The molecule has 0 bridgehead atoms. The van der Waals surface area contributed by atoms with Gasteiger partial charge in [-0.3, -0.25) is 4.70 Å². The van der Waals surface area contributed by atoms with Gasteiger partial charge in [0.15, 0.2) is 0 Å². The van der Waals surface area contributed by atoms with Gasteiger partial charge in [0, 0.05) is 0 Å². The van der Waals surface area contributed by atoms with E-state index in [1.807, 2.05) is 0 Å². The molecule has 0 radical (unpaired) electrons. The summed E-state index contributed by atoms with van der Waals surface area (Å²) in [6, 6.07) is 33.4. The van der Waals surface area contributed by atoms with Gasteiger partial charge in [-0.05, 0) is 42.8 Å². The first-order valence-corrected chi connectivity index (χ1v) is 10.4. The van der Waals surface area contributed by atoms with E-state index in [0.29, 0.717) is 0 Å². The second kappa shape index (κ2) is 8.76. The number of hydrogen-bond donors (Lipinski definition) is 0. The molecule has 0 aliphatic rings. The van der Waals surface area contributed by atoms with Crippen molar-refractivity contribution in [3.05, 3.63) is 91.0 Å². The number of hydrogen-bond acceptors (Lipinski definition) is 0. The molecule has 24 heavy (non-hydrogen) atoms. The van der Waals surface area contributed by atoms with Crippen LogP contribution in [0.3, 0.4) is 0 Å². The smallest absolute Gasteiger partial charge is 0.112 e. The molecule has 0 amide bonds. The van der Waals surface area contributed by atoms with Gasteiger partial charge in [-0.25, -0.2) is 0 Å². The van der Waals surface area contributed by atoms with E-state index >= 15 is 0 Å². The minimum absolute atomic E-state index is 0. The zero-order valence-corrected chi connectivity index (χ0v) is 15.0. The molecule has 0 saturated heterocycles. The molecule has 0 heterocycles. The Morgan fingerprint density at radius 1 is 0.583 bits per heavy atom. The van der Waals surface area contributed by atoms with Gasteiger partial charge in [0.1, 0.15) is 23.2 Å². The fraction of sp³-hybridized carbons (Fsp3) is 0.182. The number of halogens is 1. The maximum Gasteiger partial charge on any atom is 0.112 e. The predicted molar refractivity (Wildman–Crippen MR) is 107 cm³/mol. The van der Waals surface area contributed by atoms with Crippen LogP contribution in [0.5, 0.6) is 0 Å². The lowest BCUT2D eigenvalue weighted by Gasteiger charge is -2.27. The normalized spacial score (nSPS) is 10.9. The standard InChI is InChI=1S/C22H24P.FH/c1-2-3-19-23(20-13-7-4-8-14-20,21-15-9-5-10-16-21)22-17-11-6-12-18-22;/h4-18H,2-3,19H2,1H3;1H/q+1;. The number of unbranched alkanes of at least 4 members (excludes halogenated alkanes) is 1. The maximum atomic E-state index is 2.32. The number of benzene rings is 3. The molecular weight excluding hydrogens is 314 g/mol. The van der Waals surface area contributed by atoms with Gasteiger partial charge in [-0.2, -0.15) is 0 Å². The molecule has 0 unspecified atom stereocenters. The van der Waals surface area contributed by atoms with E-state index in [4.69, 9.17) is 0 Å². The van der Waals surface area contributed by atoms with E-state index in [2.05, 4.69) is 97.9 Å². The van der Waals surface area contributed by atoms with Crippen molar-refractivity contribution >= 4 is 23.2 Å². The molecule has 0 aliphatic heterocycles. The van der Waals surface area contributed by atoms with Crippen LogP contribution in [0.4, 0.5) is 4.70 Å². The monoisotopic (exact) mass is 339 g/mol. The van der Waals surface area contributed by atoms with Crippen LogP contribution < -0.4 is 15.9 Å². The molecule has 3 rings (SSSR count). The van der Waals surface area contributed by atoms with Crippen molar-refractivity contribution in [2.75, 3.05) is 6.16 Å². The maximum absolute atomic E-state index is 2.32. The third-order valence-electron chi connectivity index (χ3n) is 4.44. The summed E-state index contributed by atoms with van der Waals surface area (Å²) in [7, 11) is -1.57. The summed E-state index contributed by atoms with van der Waals surface area (Å²) in [6.07, 6.45) is 3.72. The van der Waals surface area contributed by atoms with Crippen molar-refractivity contribution in [1.29, 1.82) is 0 Å². The van der Waals surface area contributed by atoms with Crippen LogP contribution in [-0.2, 0) is 0 Å². The van der Waals surface area contributed by atoms with E-state index in [0.717, 1.165) is 0 Å². The molecule has 124 valence electrons. The Morgan fingerprint density at radius 3 is 1.21 bits per heavy atom. The molecule has 0 aliphatic carbocycles. The van der Waals surface area contributed by atoms with Gasteiger partial charge in [-0.1, -0.05) is 67.9 Å². The Morgan fingerprint density at radius 2 is 0.917 bits per heavy atom. The minimum Gasteiger partial charge on any atom is -0.269 e. The first-order chi connectivity index (χ1) is 11.4. The molecule has 0 atom stereocenters. The van der Waals surface area contributed by atoms with Gasteiger partial charge < -0.3 is 0 Å². The molecule has 0 aromatic heterocycles. The summed E-state index contributed by atoms with van der Waals surface area (Å²) < 4.78 is 0. The third kappa shape index (κ3) is 3.57. The van der Waals surface area contributed by atoms with Crippen LogP contribution in [0, 0.1) is 0 Å². The summed E-state index contributed by atoms with van der Waals surface area (Å²) in [5.74, 6) is 0. The quantitative estimate of drug-likeness (QED) is 0.559. The van der Waals surface area contributed by atoms with Gasteiger partial charge in [0.05, 0.1) is 6.16 Å². The minimum atomic E-state index is -1.57. The lowest BCUT2D eigenvalue weighted by Crippen LogP contribution is -2.33. The second-order valence-corrected chi connectivity index (χ2v) is 9.51. The largest absolute Gasteiger partial charge is 0.269 e. The topological polar surface area (TPSA) is 0 Å². The van der Waals surface area contributed by atoms with Crippen LogP contribution in [0.15, 0.2) is 91.0 Å². The molecule has 0 saturated carbocycles. The molecule has 0 N–H and O–H groups in total. The highest BCUT2D eigenvalue weighted by Gasteiger charge is 2.44. The highest BCUT2D eigenvalue weighted by Crippen LogP contribution is 2.55. The van der Waals surface area contributed by atoms with Crippen LogP contribution in [0.1, 0.15) is 19.8 Å². The molecule has 0 spiro atoms. The first kappa shape index (κ1) is 18.4. The van der Waals surface area contributed by atoms with Gasteiger partial charge in [0.25, 0.3) is 0 Å². The van der Waals surface area contributed by atoms with Crippen molar-refractivity contribution in [2.24, 2.45) is 0 Å². The third-order valence-corrected chi connectivity index (χ3v) is 8.96. The lowest BCUT2D eigenvalue weighted by molar-refractivity contribution is 0.891. The second-order valence-electron chi connectivity index (χ2n) is 5.89. The Hall–Kier alpha value is -1.98. The van der Waals surface area contributed by atoms with E-state index in [-0.39, 0.29) is 4.70 Å². The lowest BCUT2D eigenvalue weighted by atomic mass is 10.3. The molecule has 3 aromatic carbocycles. The highest BCUT2D eigenvalue weighted by atomic mass is 31.2. The van der Waals surface area contributed by atoms with Crippen LogP contribution >= 0.6 is 7.26 Å². The average Bonchev–Trinajstić information content (AvgIpc) is 2.65. The van der Waals surface area contributed by atoms with Crippen LogP contribution in [0.2, 0.25) is 0 Å².